The summed E-state index contributed by atoms with van der Waals surface area (Å²) in [6, 6.07) is 34.8. The molecule has 0 saturated heterocycles. The molecule has 5 aromatic rings. The molecule has 1 fully saturated rings. The fourth-order valence-corrected chi connectivity index (χ4v) is 8.93. The van der Waals surface area contributed by atoms with E-state index in [1.807, 2.05) is 0 Å². The number of allylic oxidation sites excluding steroid dienone is 9. The number of benzene rings is 4. The minimum atomic E-state index is 0.238. The van der Waals surface area contributed by atoms with Crippen LogP contribution in [0.2, 0.25) is 0 Å². The average molecular weight is 672 g/mol. The molecule has 0 radical (unpaired) electrons. The van der Waals surface area contributed by atoms with E-state index in [0.717, 1.165) is 82.4 Å². The second kappa shape index (κ2) is 11.8. The summed E-state index contributed by atoms with van der Waals surface area (Å²) in [6.45, 7) is 0. The van der Waals surface area contributed by atoms with Crippen LogP contribution in [0, 0.1) is 11.8 Å². The Hall–Kier alpha value is -6.00. The third-order valence-electron chi connectivity index (χ3n) is 11.5. The number of amidine groups is 1. The number of fused-ring (bicyclic) bond motifs is 6. The Morgan fingerprint density at radius 1 is 0.673 bits per heavy atom. The van der Waals surface area contributed by atoms with Gasteiger partial charge in [0.2, 0.25) is 0 Å². The Labute approximate surface area is 303 Å². The number of hydrogen-bond acceptors (Lipinski definition) is 4. The molecule has 3 unspecified atom stereocenters. The number of anilines is 1. The van der Waals surface area contributed by atoms with Crippen molar-refractivity contribution in [3.8, 4) is 0 Å². The van der Waals surface area contributed by atoms with Gasteiger partial charge in [0.1, 0.15) is 11.2 Å². The molecule has 4 aliphatic carbocycles. The third-order valence-corrected chi connectivity index (χ3v) is 11.5. The van der Waals surface area contributed by atoms with Gasteiger partial charge in [0, 0.05) is 45.6 Å². The summed E-state index contributed by atoms with van der Waals surface area (Å²) in [5.74, 6) is 1.37. The second-order valence-corrected chi connectivity index (χ2v) is 14.6. The number of furan rings is 1. The summed E-state index contributed by atoms with van der Waals surface area (Å²) < 4.78 is 6.72. The minimum absolute atomic E-state index is 0.238. The maximum absolute atomic E-state index is 6.72. The van der Waals surface area contributed by atoms with E-state index >= 15 is 0 Å². The zero-order valence-corrected chi connectivity index (χ0v) is 28.9. The Morgan fingerprint density at radius 3 is 2.29 bits per heavy atom. The first-order chi connectivity index (χ1) is 25.8. The Morgan fingerprint density at radius 2 is 1.46 bits per heavy atom. The predicted molar refractivity (Wildman–Crippen MR) is 214 cm³/mol. The van der Waals surface area contributed by atoms with Crippen LogP contribution in [0.5, 0.6) is 0 Å². The van der Waals surface area contributed by atoms with Gasteiger partial charge >= 0.3 is 0 Å². The maximum atomic E-state index is 6.72. The first kappa shape index (κ1) is 29.7. The van der Waals surface area contributed by atoms with Crippen LogP contribution in [0.3, 0.4) is 0 Å². The Kier molecular flexibility index (Phi) is 6.73. The van der Waals surface area contributed by atoms with Gasteiger partial charge in [-0.1, -0.05) is 115 Å². The van der Waals surface area contributed by atoms with E-state index < -0.39 is 0 Å². The predicted octanol–water partition coefficient (Wildman–Crippen LogP) is 11.4. The molecule has 0 spiro atoms. The molecule has 3 atom stereocenters. The van der Waals surface area contributed by atoms with Gasteiger partial charge < -0.3 is 9.32 Å². The maximum Gasteiger partial charge on any atom is 0.160 e. The third kappa shape index (κ3) is 4.81. The van der Waals surface area contributed by atoms with E-state index in [4.69, 9.17) is 14.4 Å². The summed E-state index contributed by atoms with van der Waals surface area (Å²) in [5.41, 5.74) is 15.3. The van der Waals surface area contributed by atoms with Crippen LogP contribution in [-0.4, -0.2) is 17.6 Å². The van der Waals surface area contributed by atoms with E-state index in [1.165, 1.54) is 39.2 Å². The van der Waals surface area contributed by atoms with E-state index in [9.17, 15) is 0 Å². The molecule has 250 valence electrons. The first-order valence-corrected chi connectivity index (χ1v) is 18.7. The van der Waals surface area contributed by atoms with Crippen molar-refractivity contribution in [2.24, 2.45) is 21.8 Å². The molecule has 0 amide bonds. The highest BCUT2D eigenvalue weighted by Gasteiger charge is 2.41. The molecule has 6 aliphatic rings. The highest BCUT2D eigenvalue weighted by atomic mass is 16.3. The van der Waals surface area contributed by atoms with Crippen molar-refractivity contribution in [3.63, 3.8) is 0 Å². The van der Waals surface area contributed by atoms with Crippen molar-refractivity contribution < 1.29 is 4.42 Å². The molecule has 1 saturated carbocycles. The lowest BCUT2D eigenvalue weighted by molar-refractivity contribution is 0.665. The van der Waals surface area contributed by atoms with Gasteiger partial charge in [-0.2, -0.15) is 0 Å². The van der Waals surface area contributed by atoms with Gasteiger partial charge in [0.25, 0.3) is 0 Å². The van der Waals surface area contributed by atoms with Crippen molar-refractivity contribution >= 4 is 44.7 Å². The highest BCUT2D eigenvalue weighted by molar-refractivity contribution is 6.18. The van der Waals surface area contributed by atoms with Crippen LogP contribution >= 0.6 is 0 Å². The van der Waals surface area contributed by atoms with Crippen LogP contribution in [0.1, 0.15) is 48.8 Å². The van der Waals surface area contributed by atoms with E-state index in [2.05, 4.69) is 151 Å². The van der Waals surface area contributed by atoms with Crippen molar-refractivity contribution in [1.29, 1.82) is 0 Å². The molecule has 0 bridgehead atoms. The van der Waals surface area contributed by atoms with Gasteiger partial charge in [0.05, 0.1) is 17.5 Å². The fourth-order valence-electron chi connectivity index (χ4n) is 8.93. The van der Waals surface area contributed by atoms with Crippen molar-refractivity contribution in [1.82, 2.24) is 0 Å². The summed E-state index contributed by atoms with van der Waals surface area (Å²) >= 11 is 0. The minimum Gasteiger partial charge on any atom is -0.456 e. The van der Waals surface area contributed by atoms with Crippen molar-refractivity contribution in [2.45, 2.75) is 38.1 Å². The molecule has 11 rings (SSSR count). The summed E-state index contributed by atoms with van der Waals surface area (Å²) in [5, 5.41) is 2.24. The van der Waals surface area contributed by atoms with E-state index in [0.29, 0.717) is 11.8 Å². The summed E-state index contributed by atoms with van der Waals surface area (Å²) in [4.78, 5) is 13.2. The van der Waals surface area contributed by atoms with E-state index in [1.54, 1.807) is 0 Å². The molecule has 4 aromatic carbocycles. The monoisotopic (exact) mass is 671 g/mol. The van der Waals surface area contributed by atoms with Gasteiger partial charge in [-0.3, -0.25) is 0 Å². The molecule has 4 heteroatoms. The van der Waals surface area contributed by atoms with Gasteiger partial charge in [-0.05, 0) is 89.8 Å². The fraction of sp³-hybridized carbons (Fsp3) is 0.167. The molecule has 1 aromatic heterocycles. The quantitative estimate of drug-likeness (QED) is 0.187. The Balaban J connectivity index is 0.982. The zero-order valence-electron chi connectivity index (χ0n) is 28.9. The number of hydrogen-bond donors (Lipinski definition) is 0. The van der Waals surface area contributed by atoms with E-state index in [-0.39, 0.29) is 6.04 Å². The summed E-state index contributed by atoms with van der Waals surface area (Å²) in [7, 11) is 0. The lowest BCUT2D eigenvalue weighted by Gasteiger charge is -2.31. The molecule has 4 nitrogen and oxygen atoms in total. The normalized spacial score (nSPS) is 23.2. The SMILES string of the molecule is C1=CC(C2=C3CC3C(c3ccccc3)=NC(c3ccc4c(c3)oc3cc(N5C6=C(C=CCC6)C6C=C(c7ccccc7)C=CC65)ccc34)=N2)=CCC1. The van der Waals surface area contributed by atoms with Gasteiger partial charge in [0.15, 0.2) is 5.84 Å². The van der Waals surface area contributed by atoms with Crippen LogP contribution in [-0.2, 0) is 0 Å². The molecular weight excluding hydrogens is 635 g/mol. The molecular formula is C48H37N3O. The van der Waals surface area contributed by atoms with Crippen LogP contribution < -0.4 is 4.90 Å². The Bertz CT molecular complexity index is 2600. The number of aliphatic imine (C=N–C) groups is 2. The average Bonchev–Trinajstić information content (AvgIpc) is 3.84. The lowest BCUT2D eigenvalue weighted by atomic mass is 9.84. The van der Waals surface area contributed by atoms with Crippen LogP contribution in [0.15, 0.2) is 188 Å². The van der Waals surface area contributed by atoms with Gasteiger partial charge in [-0.15, -0.1) is 0 Å². The smallest absolute Gasteiger partial charge is 0.160 e. The topological polar surface area (TPSA) is 41.1 Å². The first-order valence-electron chi connectivity index (χ1n) is 18.7. The summed E-state index contributed by atoms with van der Waals surface area (Å²) in [6.07, 6.45) is 24.0. The van der Waals surface area contributed by atoms with Crippen molar-refractivity contribution in [2.75, 3.05) is 4.90 Å². The van der Waals surface area contributed by atoms with Crippen LogP contribution in [0.4, 0.5) is 5.69 Å². The number of nitrogens with zero attached hydrogens (tertiary/aromatic N) is 3. The molecule has 52 heavy (non-hydrogen) atoms. The molecule has 0 N–H and O–H groups in total. The van der Waals surface area contributed by atoms with Gasteiger partial charge in [-0.25, -0.2) is 9.98 Å². The van der Waals surface area contributed by atoms with Crippen molar-refractivity contribution in [3.05, 3.63) is 190 Å². The lowest BCUT2D eigenvalue weighted by Crippen LogP contribution is -2.33. The zero-order chi connectivity index (χ0) is 34.2. The number of rotatable bonds is 5. The molecule has 3 heterocycles. The standard InChI is InChI=1S/C48H37N3O/c1-4-12-30(13-5-1)33-21-25-43-39(26-33)36-18-10-11-19-42(36)51(43)35-22-24-38-37-23-20-34(27-44(37)52-45(38)28-35)48-49-46(31-14-6-2-7-15-31)40-29-41(40)47(50-48)32-16-8-3-9-17-32/h1-2,4-8,10,12-18,20-28,39-40,43H,3,9,11,19,29H2. The largest absolute Gasteiger partial charge is 0.456 e. The van der Waals surface area contributed by atoms with Crippen LogP contribution in [0.25, 0.3) is 27.5 Å². The molecule has 2 aliphatic heterocycles. The highest BCUT2D eigenvalue weighted by Crippen LogP contribution is 2.49. The second-order valence-electron chi connectivity index (χ2n) is 14.6.